The van der Waals surface area contributed by atoms with Crippen molar-refractivity contribution in [3.63, 3.8) is 0 Å². The van der Waals surface area contributed by atoms with Crippen LogP contribution in [-0.4, -0.2) is 36.6 Å². The number of carbonyl (C=O) groups excluding carboxylic acids is 1. The van der Waals surface area contributed by atoms with E-state index in [9.17, 15) is 9.59 Å². The lowest BCUT2D eigenvalue weighted by atomic mass is 10.1. The summed E-state index contributed by atoms with van der Waals surface area (Å²) in [6, 6.07) is 5.46. The highest BCUT2D eigenvalue weighted by Gasteiger charge is 2.31. The van der Waals surface area contributed by atoms with Crippen LogP contribution in [0.25, 0.3) is 6.08 Å². The second kappa shape index (κ2) is 6.76. The van der Waals surface area contributed by atoms with Gasteiger partial charge in [-0.1, -0.05) is 6.07 Å². The first-order valence-electron chi connectivity index (χ1n) is 6.71. The van der Waals surface area contributed by atoms with Gasteiger partial charge in [0, 0.05) is 24.1 Å². The lowest BCUT2D eigenvalue weighted by Gasteiger charge is -2.26. The van der Waals surface area contributed by atoms with Gasteiger partial charge in [-0.05, 0) is 52.5 Å². The van der Waals surface area contributed by atoms with Gasteiger partial charge in [0.25, 0.3) is 0 Å². The largest absolute Gasteiger partial charge is 0.478 e. The molecule has 0 bridgehead atoms. The normalized spacial score (nSPS) is 18.2. The number of anilines is 1. The second-order valence-corrected chi connectivity index (χ2v) is 5.70. The van der Waals surface area contributed by atoms with Crippen molar-refractivity contribution < 1.29 is 14.7 Å². The Morgan fingerprint density at radius 3 is 2.86 bits per heavy atom. The maximum Gasteiger partial charge on any atom is 0.328 e. The smallest absolute Gasteiger partial charge is 0.328 e. The van der Waals surface area contributed by atoms with Crippen LogP contribution in [0, 0.1) is 0 Å². The number of nitrogens with zero attached hydrogens (tertiary/aromatic N) is 1. The Balaban J connectivity index is 2.24. The number of aliphatic carboxylic acids is 1. The number of likely N-dealkylation sites (N-methyl/N-ethyl adjacent to an activating group) is 1. The number of nitrogens with one attached hydrogen (secondary N) is 1. The molecule has 1 heterocycles. The molecule has 0 saturated carbocycles. The first-order valence-corrected chi connectivity index (χ1v) is 7.51. The fourth-order valence-corrected chi connectivity index (χ4v) is 3.15. The topological polar surface area (TPSA) is 69.6 Å². The van der Waals surface area contributed by atoms with Crippen molar-refractivity contribution >= 4 is 39.6 Å². The average molecular weight is 353 g/mol. The van der Waals surface area contributed by atoms with E-state index in [1.807, 2.05) is 18.2 Å². The van der Waals surface area contributed by atoms with Crippen LogP contribution in [0.3, 0.4) is 0 Å². The van der Waals surface area contributed by atoms with Gasteiger partial charge in [-0.3, -0.25) is 4.79 Å². The zero-order valence-corrected chi connectivity index (χ0v) is 13.3. The van der Waals surface area contributed by atoms with Crippen molar-refractivity contribution in [2.24, 2.45) is 0 Å². The fourth-order valence-electron chi connectivity index (χ4n) is 2.52. The van der Waals surface area contributed by atoms with Crippen LogP contribution in [0.4, 0.5) is 5.69 Å². The summed E-state index contributed by atoms with van der Waals surface area (Å²) in [6.07, 6.45) is 4.46. The molecule has 1 aromatic carbocycles. The molecule has 1 saturated heterocycles. The maximum atomic E-state index is 11.9. The van der Waals surface area contributed by atoms with E-state index in [0.29, 0.717) is 0 Å². The number of hydrogen-bond acceptors (Lipinski definition) is 3. The molecular formula is C15H17BrN2O3. The van der Waals surface area contributed by atoms with Gasteiger partial charge < -0.3 is 15.3 Å². The van der Waals surface area contributed by atoms with Gasteiger partial charge in [-0.2, -0.15) is 0 Å². The van der Waals surface area contributed by atoms with E-state index in [-0.39, 0.29) is 11.9 Å². The number of carboxylic acid groups (broad SMARTS) is 1. The molecule has 1 aromatic rings. The lowest BCUT2D eigenvalue weighted by molar-refractivity contribution is -0.131. The Morgan fingerprint density at radius 1 is 1.48 bits per heavy atom. The Hall–Kier alpha value is -1.82. The zero-order chi connectivity index (χ0) is 15.4. The van der Waals surface area contributed by atoms with Crippen molar-refractivity contribution in [1.29, 1.82) is 0 Å². The number of amides is 1. The van der Waals surface area contributed by atoms with Crippen LogP contribution in [0.5, 0.6) is 0 Å². The first kappa shape index (κ1) is 15.6. The highest BCUT2D eigenvalue weighted by Crippen LogP contribution is 2.33. The molecule has 0 spiro atoms. The van der Waals surface area contributed by atoms with E-state index in [4.69, 9.17) is 5.11 Å². The molecule has 1 aliphatic rings. The van der Waals surface area contributed by atoms with Gasteiger partial charge in [0.15, 0.2) is 0 Å². The Labute approximate surface area is 131 Å². The van der Waals surface area contributed by atoms with Crippen LogP contribution in [0.15, 0.2) is 28.7 Å². The van der Waals surface area contributed by atoms with E-state index >= 15 is 0 Å². The molecule has 1 unspecified atom stereocenters. The van der Waals surface area contributed by atoms with Crippen LogP contribution in [0.1, 0.15) is 18.4 Å². The number of halogens is 1. The van der Waals surface area contributed by atoms with Crippen molar-refractivity contribution in [3.8, 4) is 0 Å². The minimum atomic E-state index is -0.977. The predicted molar refractivity (Wildman–Crippen MR) is 85.2 cm³/mol. The molecule has 1 amide bonds. The monoisotopic (exact) mass is 352 g/mol. The van der Waals surface area contributed by atoms with Crippen molar-refractivity contribution in [1.82, 2.24) is 5.32 Å². The van der Waals surface area contributed by atoms with Gasteiger partial charge in [-0.25, -0.2) is 4.79 Å². The molecule has 0 aromatic heterocycles. The van der Waals surface area contributed by atoms with E-state index in [1.165, 1.54) is 6.08 Å². The quantitative estimate of drug-likeness (QED) is 0.815. The number of rotatable bonds is 4. The summed E-state index contributed by atoms with van der Waals surface area (Å²) in [5.41, 5.74) is 1.75. The van der Waals surface area contributed by atoms with Crippen LogP contribution >= 0.6 is 15.9 Å². The molecular weight excluding hydrogens is 336 g/mol. The highest BCUT2D eigenvalue weighted by molar-refractivity contribution is 9.10. The van der Waals surface area contributed by atoms with Gasteiger partial charge in [0.2, 0.25) is 5.91 Å². The van der Waals surface area contributed by atoms with E-state index in [1.54, 1.807) is 7.05 Å². The molecule has 2 rings (SSSR count). The average Bonchev–Trinajstić information content (AvgIpc) is 2.93. The van der Waals surface area contributed by atoms with Crippen molar-refractivity contribution in [3.05, 3.63) is 34.3 Å². The summed E-state index contributed by atoms with van der Waals surface area (Å²) >= 11 is 3.51. The third kappa shape index (κ3) is 3.64. The maximum absolute atomic E-state index is 11.9. The number of carboxylic acids is 1. The third-order valence-electron chi connectivity index (χ3n) is 3.50. The van der Waals surface area contributed by atoms with Gasteiger partial charge >= 0.3 is 5.97 Å². The molecule has 1 atom stereocenters. The molecule has 1 aliphatic heterocycles. The summed E-state index contributed by atoms with van der Waals surface area (Å²) in [4.78, 5) is 24.5. The SMILES string of the molecule is CNC(=O)C1CCCN1c1ccc(/C=C/C(=O)O)cc1Br. The standard InChI is InChI=1S/C15H17BrN2O3/c1-17-15(21)13-3-2-8-18(13)12-6-4-10(9-11(12)16)5-7-14(19)20/h4-7,9,13H,2-3,8H2,1H3,(H,17,21)(H,19,20)/b7-5+. The molecule has 0 aliphatic carbocycles. The second-order valence-electron chi connectivity index (χ2n) is 4.85. The Morgan fingerprint density at radius 2 is 2.24 bits per heavy atom. The Bertz CT molecular complexity index is 586. The Kier molecular flexibility index (Phi) is 5.01. The predicted octanol–water partition coefficient (Wildman–Crippen LogP) is 2.26. The van der Waals surface area contributed by atoms with Gasteiger partial charge in [-0.15, -0.1) is 0 Å². The zero-order valence-electron chi connectivity index (χ0n) is 11.7. The first-order chi connectivity index (χ1) is 10.0. The molecule has 1 fully saturated rings. The van der Waals surface area contributed by atoms with E-state index < -0.39 is 5.97 Å². The van der Waals surface area contributed by atoms with Crippen molar-refractivity contribution in [2.45, 2.75) is 18.9 Å². The summed E-state index contributed by atoms with van der Waals surface area (Å²) < 4.78 is 0.853. The van der Waals surface area contributed by atoms with Crippen LogP contribution in [-0.2, 0) is 9.59 Å². The molecule has 5 nitrogen and oxygen atoms in total. The lowest BCUT2D eigenvalue weighted by Crippen LogP contribution is -2.42. The van der Waals surface area contributed by atoms with Crippen molar-refractivity contribution in [2.75, 3.05) is 18.5 Å². The molecule has 0 radical (unpaired) electrons. The number of carbonyl (C=O) groups is 2. The minimum Gasteiger partial charge on any atom is -0.478 e. The molecule has 2 N–H and O–H groups in total. The van der Waals surface area contributed by atoms with Gasteiger partial charge in [0.1, 0.15) is 6.04 Å². The minimum absolute atomic E-state index is 0.0225. The summed E-state index contributed by atoms with van der Waals surface area (Å²) in [7, 11) is 1.65. The summed E-state index contributed by atoms with van der Waals surface area (Å²) in [5.74, 6) is -0.955. The van der Waals surface area contributed by atoms with Crippen LogP contribution in [0.2, 0.25) is 0 Å². The third-order valence-corrected chi connectivity index (χ3v) is 4.14. The highest BCUT2D eigenvalue weighted by atomic mass is 79.9. The molecule has 112 valence electrons. The van der Waals surface area contributed by atoms with E-state index in [0.717, 1.165) is 41.2 Å². The number of benzene rings is 1. The van der Waals surface area contributed by atoms with Gasteiger partial charge in [0.05, 0.1) is 5.69 Å². The van der Waals surface area contributed by atoms with Crippen LogP contribution < -0.4 is 10.2 Å². The summed E-state index contributed by atoms with van der Waals surface area (Å²) in [5, 5.41) is 11.3. The summed E-state index contributed by atoms with van der Waals surface area (Å²) in [6.45, 7) is 0.834. The van der Waals surface area contributed by atoms with E-state index in [2.05, 4.69) is 26.1 Å². The molecule has 6 heteroatoms. The fraction of sp³-hybridized carbons (Fsp3) is 0.333. The number of hydrogen-bond donors (Lipinski definition) is 2. The molecule has 21 heavy (non-hydrogen) atoms.